The number of aliphatic hydroxyl groups is 1. The maximum Gasteiger partial charge on any atom is 0.219 e. The lowest BCUT2D eigenvalue weighted by Gasteiger charge is -2.31. The van der Waals surface area contributed by atoms with Crippen LogP contribution in [-0.2, 0) is 9.53 Å². The normalized spacial score (nSPS) is 23.2. The first kappa shape index (κ1) is 10.5. The van der Waals surface area contributed by atoms with Gasteiger partial charge >= 0.3 is 0 Å². The Hall–Kier alpha value is -0.610. The number of amides is 1. The first-order valence-corrected chi connectivity index (χ1v) is 4.72. The summed E-state index contributed by atoms with van der Waals surface area (Å²) < 4.78 is 5.37. The zero-order chi connectivity index (χ0) is 9.68. The fourth-order valence-electron chi connectivity index (χ4n) is 1.58. The molecule has 76 valence electrons. The van der Waals surface area contributed by atoms with Crippen molar-refractivity contribution in [3.05, 3.63) is 0 Å². The summed E-state index contributed by atoms with van der Waals surface area (Å²) >= 11 is 0. The molecule has 0 radical (unpaired) electrons. The van der Waals surface area contributed by atoms with Crippen LogP contribution in [-0.4, -0.2) is 48.3 Å². The number of carbonyl (C=O) groups excluding carboxylic acids is 1. The Balaban J connectivity index is 2.29. The van der Waals surface area contributed by atoms with Gasteiger partial charge in [-0.3, -0.25) is 4.79 Å². The van der Waals surface area contributed by atoms with Crippen molar-refractivity contribution < 1.29 is 14.6 Å². The molecule has 13 heavy (non-hydrogen) atoms. The molecule has 4 heteroatoms. The molecule has 0 bridgehead atoms. The van der Waals surface area contributed by atoms with Crippen molar-refractivity contribution in [3.8, 4) is 0 Å². The fourth-order valence-corrected chi connectivity index (χ4v) is 1.58. The maximum atomic E-state index is 11.0. The summed E-state index contributed by atoms with van der Waals surface area (Å²) in [5.41, 5.74) is 0. The highest BCUT2D eigenvalue weighted by molar-refractivity contribution is 5.73. The smallest absolute Gasteiger partial charge is 0.219 e. The van der Waals surface area contributed by atoms with Crippen molar-refractivity contribution in [1.82, 2.24) is 4.90 Å². The lowest BCUT2D eigenvalue weighted by molar-refractivity contribution is -0.133. The van der Waals surface area contributed by atoms with Gasteiger partial charge < -0.3 is 14.7 Å². The lowest BCUT2D eigenvalue weighted by atomic mass is 10.1. The standard InChI is InChI=1S/C9H17NO3/c1-8(12)10-4-2-3-9(7-10)13-6-5-11/h9,11H,2-7H2,1H3/t9-/m1/s1. The Morgan fingerprint density at radius 3 is 3.08 bits per heavy atom. The van der Waals surface area contributed by atoms with Crippen LogP contribution in [0.5, 0.6) is 0 Å². The van der Waals surface area contributed by atoms with Gasteiger partial charge in [0, 0.05) is 20.0 Å². The molecule has 1 rings (SSSR count). The van der Waals surface area contributed by atoms with E-state index in [0.717, 1.165) is 19.4 Å². The fraction of sp³-hybridized carbons (Fsp3) is 0.889. The topological polar surface area (TPSA) is 49.8 Å². The zero-order valence-corrected chi connectivity index (χ0v) is 8.03. The molecule has 0 spiro atoms. The number of hydrogen-bond acceptors (Lipinski definition) is 3. The van der Waals surface area contributed by atoms with Gasteiger partial charge in [-0.2, -0.15) is 0 Å². The highest BCUT2D eigenvalue weighted by atomic mass is 16.5. The van der Waals surface area contributed by atoms with Crippen LogP contribution in [0.3, 0.4) is 0 Å². The van der Waals surface area contributed by atoms with Crippen molar-refractivity contribution in [1.29, 1.82) is 0 Å². The number of carbonyl (C=O) groups is 1. The monoisotopic (exact) mass is 187 g/mol. The van der Waals surface area contributed by atoms with Crippen molar-refractivity contribution in [2.45, 2.75) is 25.9 Å². The molecule has 1 aliphatic heterocycles. The maximum absolute atomic E-state index is 11.0. The predicted octanol–water partition coefficient (Wildman–Crippen LogP) is 0.00620. The van der Waals surface area contributed by atoms with E-state index in [9.17, 15) is 4.79 Å². The van der Waals surface area contributed by atoms with E-state index in [4.69, 9.17) is 9.84 Å². The molecular formula is C9H17NO3. The number of rotatable bonds is 3. The molecule has 1 atom stereocenters. The highest BCUT2D eigenvalue weighted by Crippen LogP contribution is 2.12. The van der Waals surface area contributed by atoms with E-state index in [1.165, 1.54) is 0 Å². The van der Waals surface area contributed by atoms with Crippen LogP contribution in [0.4, 0.5) is 0 Å². The first-order valence-electron chi connectivity index (χ1n) is 4.72. The molecule has 4 nitrogen and oxygen atoms in total. The van der Waals surface area contributed by atoms with Crippen molar-refractivity contribution >= 4 is 5.91 Å². The minimum absolute atomic E-state index is 0.0522. The van der Waals surface area contributed by atoms with E-state index >= 15 is 0 Å². The van der Waals surface area contributed by atoms with Crippen LogP contribution >= 0.6 is 0 Å². The van der Waals surface area contributed by atoms with Crippen LogP contribution in [0.15, 0.2) is 0 Å². The summed E-state index contributed by atoms with van der Waals surface area (Å²) in [5, 5.41) is 8.57. The quantitative estimate of drug-likeness (QED) is 0.677. The summed E-state index contributed by atoms with van der Waals surface area (Å²) in [7, 11) is 0. The molecule has 0 aliphatic carbocycles. The number of hydrogen-bond donors (Lipinski definition) is 1. The van der Waals surface area contributed by atoms with Crippen molar-refractivity contribution in [2.24, 2.45) is 0 Å². The molecular weight excluding hydrogens is 170 g/mol. The predicted molar refractivity (Wildman–Crippen MR) is 48.3 cm³/mol. The number of aliphatic hydroxyl groups excluding tert-OH is 1. The third kappa shape index (κ3) is 3.32. The van der Waals surface area contributed by atoms with Gasteiger partial charge in [0.05, 0.1) is 19.3 Å². The van der Waals surface area contributed by atoms with Gasteiger partial charge in [-0.1, -0.05) is 0 Å². The average molecular weight is 187 g/mol. The molecule has 1 saturated heterocycles. The van der Waals surface area contributed by atoms with Crippen molar-refractivity contribution in [2.75, 3.05) is 26.3 Å². The first-order chi connectivity index (χ1) is 6.24. The Morgan fingerprint density at radius 1 is 1.69 bits per heavy atom. The van der Waals surface area contributed by atoms with E-state index < -0.39 is 0 Å². The van der Waals surface area contributed by atoms with E-state index in [-0.39, 0.29) is 18.6 Å². The molecule has 0 saturated carbocycles. The molecule has 0 aromatic carbocycles. The summed E-state index contributed by atoms with van der Waals surface area (Å²) in [6.45, 7) is 3.52. The van der Waals surface area contributed by atoms with E-state index in [1.807, 2.05) is 0 Å². The third-order valence-electron chi connectivity index (χ3n) is 2.27. The van der Waals surface area contributed by atoms with E-state index in [2.05, 4.69) is 0 Å². The summed E-state index contributed by atoms with van der Waals surface area (Å²) in [6, 6.07) is 0. The third-order valence-corrected chi connectivity index (χ3v) is 2.27. The average Bonchev–Trinajstić information content (AvgIpc) is 2.15. The van der Waals surface area contributed by atoms with Gasteiger partial charge in [0.2, 0.25) is 5.91 Å². The number of ether oxygens (including phenoxy) is 1. The molecule has 1 amide bonds. The number of piperidine rings is 1. The van der Waals surface area contributed by atoms with Gasteiger partial charge in [0.25, 0.3) is 0 Å². The Morgan fingerprint density at radius 2 is 2.46 bits per heavy atom. The molecule has 0 aromatic heterocycles. The second-order valence-corrected chi connectivity index (χ2v) is 3.32. The molecule has 1 aliphatic rings. The minimum atomic E-state index is 0.0522. The Kier molecular flexibility index (Phi) is 4.18. The lowest BCUT2D eigenvalue weighted by Crippen LogP contribution is -2.42. The molecule has 1 heterocycles. The van der Waals surface area contributed by atoms with Gasteiger partial charge in [-0.25, -0.2) is 0 Å². The van der Waals surface area contributed by atoms with E-state index in [1.54, 1.807) is 11.8 Å². The SMILES string of the molecule is CC(=O)N1CCC[C@@H](OCCO)C1. The number of likely N-dealkylation sites (tertiary alicyclic amines) is 1. The van der Waals surface area contributed by atoms with Crippen LogP contribution in [0.1, 0.15) is 19.8 Å². The molecule has 1 fully saturated rings. The second kappa shape index (κ2) is 5.19. The minimum Gasteiger partial charge on any atom is -0.394 e. The van der Waals surface area contributed by atoms with Gasteiger partial charge in [-0.15, -0.1) is 0 Å². The van der Waals surface area contributed by atoms with Crippen LogP contribution in [0, 0.1) is 0 Å². The van der Waals surface area contributed by atoms with Gasteiger partial charge in [0.1, 0.15) is 0 Å². The summed E-state index contributed by atoms with van der Waals surface area (Å²) in [5.74, 6) is 0.109. The number of nitrogens with zero attached hydrogens (tertiary/aromatic N) is 1. The zero-order valence-electron chi connectivity index (χ0n) is 8.03. The largest absolute Gasteiger partial charge is 0.394 e. The van der Waals surface area contributed by atoms with Crippen molar-refractivity contribution in [3.63, 3.8) is 0 Å². The van der Waals surface area contributed by atoms with Crippen LogP contribution in [0.2, 0.25) is 0 Å². The molecule has 0 unspecified atom stereocenters. The Labute approximate surface area is 78.5 Å². The summed E-state index contributed by atoms with van der Waals surface area (Å²) in [4.78, 5) is 12.8. The summed E-state index contributed by atoms with van der Waals surface area (Å²) in [6.07, 6.45) is 2.10. The second-order valence-electron chi connectivity index (χ2n) is 3.32. The van der Waals surface area contributed by atoms with Crippen LogP contribution in [0.25, 0.3) is 0 Å². The van der Waals surface area contributed by atoms with Gasteiger partial charge in [0.15, 0.2) is 0 Å². The van der Waals surface area contributed by atoms with E-state index in [0.29, 0.717) is 13.2 Å². The molecule has 1 N–H and O–H groups in total. The Bertz CT molecular complexity index is 172. The van der Waals surface area contributed by atoms with Crippen LogP contribution < -0.4 is 0 Å². The highest BCUT2D eigenvalue weighted by Gasteiger charge is 2.21. The van der Waals surface area contributed by atoms with Gasteiger partial charge in [-0.05, 0) is 12.8 Å². The molecule has 0 aromatic rings.